The Hall–Kier alpha value is -2.93. The Morgan fingerprint density at radius 2 is 1.85 bits per heavy atom. The number of ether oxygens (including phenoxy) is 2. The van der Waals surface area contributed by atoms with Gasteiger partial charge in [0.15, 0.2) is 6.10 Å². The first-order valence-electron chi connectivity index (χ1n) is 12.1. The lowest BCUT2D eigenvalue weighted by Gasteiger charge is -2.42. The molecule has 0 bridgehead atoms. The molecular weight excluding hydrogens is 430 g/mol. The second kappa shape index (κ2) is 9.74. The van der Waals surface area contributed by atoms with Gasteiger partial charge < -0.3 is 19.3 Å². The highest BCUT2D eigenvalue weighted by molar-refractivity contribution is 5.88. The molecule has 7 nitrogen and oxygen atoms in total. The van der Waals surface area contributed by atoms with Crippen LogP contribution in [0.1, 0.15) is 41.0 Å². The average molecular weight is 466 g/mol. The summed E-state index contributed by atoms with van der Waals surface area (Å²) in [6, 6.07) is 14.3. The Morgan fingerprint density at radius 1 is 1.12 bits per heavy atom. The Kier molecular flexibility index (Phi) is 6.94. The van der Waals surface area contributed by atoms with E-state index in [1.807, 2.05) is 42.3 Å². The van der Waals surface area contributed by atoms with Crippen molar-refractivity contribution in [1.82, 2.24) is 9.88 Å². The van der Waals surface area contributed by atoms with Gasteiger partial charge in [-0.15, -0.1) is 0 Å². The molecule has 4 rings (SSSR count). The molecule has 3 heterocycles. The molecule has 0 radical (unpaired) electrons. The summed E-state index contributed by atoms with van der Waals surface area (Å²) in [7, 11) is 0. The fourth-order valence-corrected chi connectivity index (χ4v) is 4.87. The zero-order valence-electron chi connectivity index (χ0n) is 20.7. The quantitative estimate of drug-likeness (QED) is 0.598. The summed E-state index contributed by atoms with van der Waals surface area (Å²) < 4.78 is 11.2. The predicted octanol–water partition coefficient (Wildman–Crippen LogP) is 4.13. The van der Waals surface area contributed by atoms with Crippen molar-refractivity contribution in [3.05, 3.63) is 48.7 Å². The van der Waals surface area contributed by atoms with Gasteiger partial charge in [-0.05, 0) is 37.0 Å². The molecule has 34 heavy (non-hydrogen) atoms. The summed E-state index contributed by atoms with van der Waals surface area (Å²) in [4.78, 5) is 34.9. The summed E-state index contributed by atoms with van der Waals surface area (Å²) in [5, 5.41) is 0. The normalized spacial score (nSPS) is 23.2. The van der Waals surface area contributed by atoms with E-state index < -0.39 is 23.8 Å². The lowest BCUT2D eigenvalue weighted by atomic mass is 9.90. The molecule has 0 spiro atoms. The predicted molar refractivity (Wildman–Crippen MR) is 131 cm³/mol. The third-order valence-electron chi connectivity index (χ3n) is 6.49. The van der Waals surface area contributed by atoms with Gasteiger partial charge in [0.25, 0.3) is 0 Å². The average Bonchev–Trinajstić information content (AvgIpc) is 3.09. The van der Waals surface area contributed by atoms with Crippen LogP contribution in [0.15, 0.2) is 48.7 Å². The standard InChI is InChI=1S/C27H35N3O4/c1-18(2)15-22(24-26(32)34-27(4,5)33-24)25(31)30-14-13-29(17-19(30)3)23-12-11-21(16-28-23)20-9-7-6-8-10-20/h6-12,16,18-19,22,24H,13-15,17H2,1-5H3/t19-,22+,24+/m1/s1. The minimum atomic E-state index is -1.00. The molecule has 2 aromatic rings. The van der Waals surface area contributed by atoms with E-state index in [-0.39, 0.29) is 17.9 Å². The summed E-state index contributed by atoms with van der Waals surface area (Å²) in [6.45, 7) is 11.5. The molecule has 2 aliphatic rings. The monoisotopic (exact) mass is 465 g/mol. The molecule has 2 aliphatic heterocycles. The van der Waals surface area contributed by atoms with Gasteiger partial charge in [0.1, 0.15) is 5.82 Å². The van der Waals surface area contributed by atoms with Crippen molar-refractivity contribution in [2.24, 2.45) is 11.8 Å². The fourth-order valence-electron chi connectivity index (χ4n) is 4.87. The van der Waals surface area contributed by atoms with E-state index in [9.17, 15) is 9.59 Å². The summed E-state index contributed by atoms with van der Waals surface area (Å²) in [5.74, 6) is -0.878. The van der Waals surface area contributed by atoms with E-state index in [4.69, 9.17) is 9.47 Å². The second-order valence-electron chi connectivity index (χ2n) is 10.2. The maximum Gasteiger partial charge on any atom is 0.338 e. The van der Waals surface area contributed by atoms with Crippen LogP contribution in [0.25, 0.3) is 11.1 Å². The van der Waals surface area contributed by atoms with E-state index in [0.717, 1.165) is 16.9 Å². The van der Waals surface area contributed by atoms with Crippen LogP contribution in [-0.2, 0) is 19.1 Å². The molecule has 0 N–H and O–H groups in total. The van der Waals surface area contributed by atoms with Gasteiger partial charge in [-0.1, -0.05) is 44.2 Å². The van der Waals surface area contributed by atoms with E-state index in [0.29, 0.717) is 26.1 Å². The number of benzene rings is 1. The van der Waals surface area contributed by atoms with Gasteiger partial charge in [0, 0.05) is 51.3 Å². The third kappa shape index (κ3) is 5.25. The fraction of sp³-hybridized carbons (Fsp3) is 0.519. The number of rotatable bonds is 6. The topological polar surface area (TPSA) is 72.0 Å². The number of cyclic esters (lactones) is 1. The number of aromatic nitrogens is 1. The Balaban J connectivity index is 1.44. The van der Waals surface area contributed by atoms with Crippen LogP contribution in [0, 0.1) is 11.8 Å². The summed E-state index contributed by atoms with van der Waals surface area (Å²) in [6.07, 6.45) is 1.61. The van der Waals surface area contributed by atoms with Gasteiger partial charge >= 0.3 is 5.97 Å². The molecule has 1 amide bonds. The number of esters is 1. The summed E-state index contributed by atoms with van der Waals surface area (Å²) >= 11 is 0. The molecule has 1 aromatic heterocycles. The largest absolute Gasteiger partial charge is 0.432 e. The number of carbonyl (C=O) groups is 2. The lowest BCUT2D eigenvalue weighted by molar-refractivity contribution is -0.163. The van der Waals surface area contributed by atoms with Crippen LogP contribution in [0.2, 0.25) is 0 Å². The molecular formula is C27H35N3O4. The first-order valence-corrected chi connectivity index (χ1v) is 12.1. The Bertz CT molecular complexity index is 1010. The van der Waals surface area contributed by atoms with Crippen LogP contribution >= 0.6 is 0 Å². The van der Waals surface area contributed by atoms with Crippen LogP contribution < -0.4 is 4.90 Å². The van der Waals surface area contributed by atoms with Crippen molar-refractivity contribution in [2.45, 2.75) is 59.0 Å². The molecule has 2 fully saturated rings. The number of pyridine rings is 1. The van der Waals surface area contributed by atoms with E-state index >= 15 is 0 Å². The van der Waals surface area contributed by atoms with E-state index in [2.05, 4.69) is 41.9 Å². The van der Waals surface area contributed by atoms with Crippen LogP contribution in [-0.4, -0.2) is 59.3 Å². The van der Waals surface area contributed by atoms with Crippen molar-refractivity contribution in [3.8, 4) is 11.1 Å². The minimum Gasteiger partial charge on any atom is -0.432 e. The van der Waals surface area contributed by atoms with Crippen molar-refractivity contribution < 1.29 is 19.1 Å². The molecule has 0 unspecified atom stereocenters. The smallest absolute Gasteiger partial charge is 0.338 e. The van der Waals surface area contributed by atoms with Crippen LogP contribution in [0.5, 0.6) is 0 Å². The van der Waals surface area contributed by atoms with Gasteiger partial charge in [-0.3, -0.25) is 4.79 Å². The number of hydrogen-bond donors (Lipinski definition) is 0. The highest BCUT2D eigenvalue weighted by Crippen LogP contribution is 2.33. The van der Waals surface area contributed by atoms with Crippen molar-refractivity contribution in [3.63, 3.8) is 0 Å². The first-order chi connectivity index (χ1) is 16.1. The molecule has 7 heteroatoms. The molecule has 1 aromatic carbocycles. The zero-order chi connectivity index (χ0) is 24.5. The molecule has 3 atom stereocenters. The minimum absolute atomic E-state index is 0.0167. The molecule has 0 saturated carbocycles. The highest BCUT2D eigenvalue weighted by atomic mass is 16.8. The maximum atomic E-state index is 13.6. The van der Waals surface area contributed by atoms with E-state index in [1.54, 1.807) is 13.8 Å². The van der Waals surface area contributed by atoms with E-state index in [1.165, 1.54) is 0 Å². The number of carbonyl (C=O) groups excluding carboxylic acids is 2. The number of nitrogens with zero attached hydrogens (tertiary/aromatic N) is 3. The van der Waals surface area contributed by atoms with Crippen molar-refractivity contribution in [1.29, 1.82) is 0 Å². The molecule has 0 aliphatic carbocycles. The van der Waals surface area contributed by atoms with Gasteiger partial charge in [-0.25, -0.2) is 9.78 Å². The van der Waals surface area contributed by atoms with Crippen molar-refractivity contribution in [2.75, 3.05) is 24.5 Å². The maximum absolute atomic E-state index is 13.6. The van der Waals surface area contributed by atoms with Gasteiger partial charge in [0.05, 0.1) is 5.92 Å². The van der Waals surface area contributed by atoms with Crippen LogP contribution in [0.3, 0.4) is 0 Å². The first kappa shape index (κ1) is 24.2. The third-order valence-corrected chi connectivity index (χ3v) is 6.49. The Labute approximate surface area is 202 Å². The SMILES string of the molecule is CC(C)C[C@H](C(=O)N1CCN(c2ccc(-c3ccccc3)cn2)C[C@H]1C)[C@@H]1OC(C)(C)OC1=O. The summed E-state index contributed by atoms with van der Waals surface area (Å²) in [5.41, 5.74) is 2.21. The van der Waals surface area contributed by atoms with Gasteiger partial charge in [0.2, 0.25) is 11.7 Å². The highest BCUT2D eigenvalue weighted by Gasteiger charge is 2.49. The lowest BCUT2D eigenvalue weighted by Crippen LogP contribution is -2.57. The number of piperazine rings is 1. The van der Waals surface area contributed by atoms with Gasteiger partial charge in [-0.2, -0.15) is 0 Å². The van der Waals surface area contributed by atoms with Crippen molar-refractivity contribution >= 4 is 17.7 Å². The zero-order valence-corrected chi connectivity index (χ0v) is 20.7. The Morgan fingerprint density at radius 3 is 2.41 bits per heavy atom. The number of anilines is 1. The number of amides is 1. The molecule has 2 saturated heterocycles. The number of hydrogen-bond acceptors (Lipinski definition) is 6. The van der Waals surface area contributed by atoms with Crippen LogP contribution in [0.4, 0.5) is 5.82 Å². The second-order valence-corrected chi connectivity index (χ2v) is 10.2. The molecule has 182 valence electrons.